The molecule has 1 aromatic heterocycles. The van der Waals surface area contributed by atoms with E-state index in [9.17, 15) is 13.2 Å². The van der Waals surface area contributed by atoms with Gasteiger partial charge in [0.15, 0.2) is 15.5 Å². The highest BCUT2D eigenvalue weighted by Crippen LogP contribution is 2.21. The Morgan fingerprint density at radius 2 is 1.90 bits per heavy atom. The maximum absolute atomic E-state index is 12.9. The molecule has 1 atom stereocenters. The van der Waals surface area contributed by atoms with Crippen molar-refractivity contribution >= 4 is 32.9 Å². The fourth-order valence-electron chi connectivity index (χ4n) is 3.38. The fraction of sp³-hybridized carbons (Fsp3) is 0.227. The number of nitrogens with one attached hydrogen (secondary N) is 1. The smallest absolute Gasteiger partial charge is 0.272 e. The first kappa shape index (κ1) is 20.0. The summed E-state index contributed by atoms with van der Waals surface area (Å²) in [5, 5.41) is 8.30. The van der Waals surface area contributed by atoms with E-state index in [2.05, 4.69) is 15.4 Å². The summed E-state index contributed by atoms with van der Waals surface area (Å²) in [6, 6.07) is 14.1. The second kappa shape index (κ2) is 7.87. The predicted molar refractivity (Wildman–Crippen MR) is 117 cm³/mol. The average molecular weight is 423 g/mol. The van der Waals surface area contributed by atoms with E-state index in [-0.39, 0.29) is 16.8 Å². The maximum Gasteiger partial charge on any atom is 0.272 e. The summed E-state index contributed by atoms with van der Waals surface area (Å²) in [6.45, 7) is 2.34. The van der Waals surface area contributed by atoms with Crippen LogP contribution < -0.4 is 5.32 Å². The SMILES string of the molecule is CC1=CCC(NC(=O)c2nn(Cc3ccc(S(C)(=O)=O)cc3)c3ccccc23)C=N1. The zero-order valence-electron chi connectivity index (χ0n) is 16.7. The lowest BCUT2D eigenvalue weighted by molar-refractivity contribution is 0.0943. The molecular weight excluding hydrogens is 400 g/mol. The third-order valence-corrected chi connectivity index (χ3v) is 6.13. The molecule has 4 rings (SSSR count). The largest absolute Gasteiger partial charge is 0.343 e. The number of rotatable bonds is 5. The van der Waals surface area contributed by atoms with Gasteiger partial charge in [-0.25, -0.2) is 8.42 Å². The van der Waals surface area contributed by atoms with Crippen molar-refractivity contribution in [3.63, 3.8) is 0 Å². The maximum atomic E-state index is 12.9. The second-order valence-corrected chi connectivity index (χ2v) is 9.39. The number of carbonyl (C=O) groups excluding carboxylic acids is 1. The number of carbonyl (C=O) groups is 1. The third kappa shape index (κ3) is 4.18. The highest BCUT2D eigenvalue weighted by molar-refractivity contribution is 7.90. The Kier molecular flexibility index (Phi) is 5.26. The number of hydrogen-bond donors (Lipinski definition) is 1. The molecule has 1 amide bonds. The fourth-order valence-corrected chi connectivity index (χ4v) is 4.01. The summed E-state index contributed by atoms with van der Waals surface area (Å²) < 4.78 is 25.1. The first-order valence-corrected chi connectivity index (χ1v) is 11.5. The van der Waals surface area contributed by atoms with Gasteiger partial charge in [-0.3, -0.25) is 14.5 Å². The van der Waals surface area contributed by atoms with Gasteiger partial charge >= 0.3 is 0 Å². The van der Waals surface area contributed by atoms with Gasteiger partial charge in [-0.1, -0.05) is 36.4 Å². The van der Waals surface area contributed by atoms with Gasteiger partial charge in [-0.15, -0.1) is 0 Å². The Labute approximate surface area is 175 Å². The minimum Gasteiger partial charge on any atom is -0.343 e. The van der Waals surface area contributed by atoms with Crippen LogP contribution in [0, 0.1) is 0 Å². The molecule has 0 spiro atoms. The van der Waals surface area contributed by atoms with Gasteiger partial charge in [-0.2, -0.15) is 5.10 Å². The number of allylic oxidation sites excluding steroid dienone is 1. The number of sulfone groups is 1. The number of para-hydroxylation sites is 1. The molecule has 0 saturated carbocycles. The Bertz CT molecular complexity index is 1270. The molecule has 0 radical (unpaired) electrons. The number of nitrogens with zero attached hydrogens (tertiary/aromatic N) is 3. The van der Waals surface area contributed by atoms with Gasteiger partial charge in [0, 0.05) is 23.6 Å². The zero-order valence-corrected chi connectivity index (χ0v) is 17.6. The topological polar surface area (TPSA) is 93.4 Å². The number of fused-ring (bicyclic) bond motifs is 1. The van der Waals surface area contributed by atoms with Crippen molar-refractivity contribution in [2.24, 2.45) is 4.99 Å². The monoisotopic (exact) mass is 422 g/mol. The normalized spacial score (nSPS) is 16.5. The zero-order chi connectivity index (χ0) is 21.3. The molecule has 1 N–H and O–H groups in total. The summed E-state index contributed by atoms with van der Waals surface area (Å²) in [7, 11) is -3.24. The van der Waals surface area contributed by atoms with Crippen molar-refractivity contribution in [3.05, 3.63) is 71.6 Å². The number of aromatic nitrogens is 2. The first-order chi connectivity index (χ1) is 14.3. The molecule has 8 heteroatoms. The minimum absolute atomic E-state index is 0.159. The molecule has 154 valence electrons. The van der Waals surface area contributed by atoms with E-state index >= 15 is 0 Å². The van der Waals surface area contributed by atoms with Crippen LogP contribution in [0.1, 0.15) is 29.4 Å². The van der Waals surface area contributed by atoms with Gasteiger partial charge in [0.1, 0.15) is 0 Å². The van der Waals surface area contributed by atoms with E-state index in [1.807, 2.05) is 37.3 Å². The molecule has 0 saturated heterocycles. The highest BCUT2D eigenvalue weighted by Gasteiger charge is 2.20. The molecule has 30 heavy (non-hydrogen) atoms. The number of amides is 1. The number of hydrogen-bond acceptors (Lipinski definition) is 5. The molecular formula is C22H22N4O3S. The summed E-state index contributed by atoms with van der Waals surface area (Å²) in [6.07, 6.45) is 5.62. The minimum atomic E-state index is -3.24. The summed E-state index contributed by atoms with van der Waals surface area (Å²) in [4.78, 5) is 17.4. The van der Waals surface area contributed by atoms with Crippen LogP contribution in [0.5, 0.6) is 0 Å². The summed E-state index contributed by atoms with van der Waals surface area (Å²) in [5.74, 6) is -0.248. The second-order valence-electron chi connectivity index (χ2n) is 7.38. The molecule has 2 aromatic carbocycles. The lowest BCUT2D eigenvalue weighted by atomic mass is 10.1. The van der Waals surface area contributed by atoms with Crippen LogP contribution in [0.25, 0.3) is 10.9 Å². The quantitative estimate of drug-likeness (QED) is 0.684. The molecule has 0 bridgehead atoms. The van der Waals surface area contributed by atoms with Crippen molar-refractivity contribution in [2.45, 2.75) is 30.8 Å². The van der Waals surface area contributed by atoms with Crippen molar-refractivity contribution in [1.29, 1.82) is 0 Å². The van der Waals surface area contributed by atoms with E-state index < -0.39 is 9.84 Å². The molecule has 0 fully saturated rings. The first-order valence-electron chi connectivity index (χ1n) is 9.57. The summed E-state index contributed by atoms with van der Waals surface area (Å²) >= 11 is 0. The van der Waals surface area contributed by atoms with Gasteiger partial charge < -0.3 is 5.32 Å². The number of benzene rings is 2. The van der Waals surface area contributed by atoms with Crippen LogP contribution in [-0.4, -0.2) is 42.6 Å². The van der Waals surface area contributed by atoms with Gasteiger partial charge in [0.05, 0.1) is 23.0 Å². The highest BCUT2D eigenvalue weighted by atomic mass is 32.2. The van der Waals surface area contributed by atoms with E-state index in [1.165, 1.54) is 6.26 Å². The average Bonchev–Trinajstić information content (AvgIpc) is 3.08. The standard InChI is InChI=1S/C22H22N4O3S/c1-15-7-10-17(13-23-15)24-22(27)21-19-5-3-4-6-20(19)26(25-21)14-16-8-11-18(12-9-16)30(2,28)29/h3-9,11-13,17H,10,14H2,1-2H3,(H,24,27). The molecule has 2 heterocycles. The molecule has 1 aliphatic rings. The van der Waals surface area contributed by atoms with Crippen molar-refractivity contribution in [2.75, 3.05) is 6.26 Å². The Morgan fingerprint density at radius 1 is 1.17 bits per heavy atom. The van der Waals surface area contributed by atoms with E-state index in [0.717, 1.165) is 22.2 Å². The van der Waals surface area contributed by atoms with Crippen molar-refractivity contribution in [1.82, 2.24) is 15.1 Å². The van der Waals surface area contributed by atoms with E-state index in [1.54, 1.807) is 35.2 Å². The van der Waals surface area contributed by atoms with Crippen molar-refractivity contribution in [3.8, 4) is 0 Å². The number of aliphatic imine (C=N–C) groups is 1. The molecule has 3 aromatic rings. The van der Waals surface area contributed by atoms with Crippen LogP contribution >= 0.6 is 0 Å². The Balaban J connectivity index is 1.61. The van der Waals surface area contributed by atoms with Gasteiger partial charge in [-0.05, 0) is 37.1 Å². The van der Waals surface area contributed by atoms with Crippen LogP contribution in [0.3, 0.4) is 0 Å². The van der Waals surface area contributed by atoms with Crippen LogP contribution in [0.15, 0.2) is 70.2 Å². The predicted octanol–water partition coefficient (Wildman–Crippen LogP) is 2.96. The van der Waals surface area contributed by atoms with Gasteiger partial charge in [0.25, 0.3) is 5.91 Å². The van der Waals surface area contributed by atoms with Crippen LogP contribution in [0.4, 0.5) is 0 Å². The third-order valence-electron chi connectivity index (χ3n) is 5.00. The van der Waals surface area contributed by atoms with E-state index in [4.69, 9.17) is 0 Å². The summed E-state index contributed by atoms with van der Waals surface area (Å²) in [5.41, 5.74) is 3.03. The van der Waals surface area contributed by atoms with Crippen molar-refractivity contribution < 1.29 is 13.2 Å². The lowest BCUT2D eigenvalue weighted by Gasteiger charge is -2.15. The van der Waals surface area contributed by atoms with E-state index in [0.29, 0.717) is 18.7 Å². The van der Waals surface area contributed by atoms with Crippen LogP contribution in [-0.2, 0) is 16.4 Å². The molecule has 7 nitrogen and oxygen atoms in total. The lowest BCUT2D eigenvalue weighted by Crippen LogP contribution is -2.36. The Morgan fingerprint density at radius 3 is 2.57 bits per heavy atom. The molecule has 1 unspecified atom stereocenters. The Hall–Kier alpha value is -3.26. The molecule has 0 aliphatic carbocycles. The van der Waals surface area contributed by atoms with Gasteiger partial charge in [0.2, 0.25) is 0 Å². The molecule has 1 aliphatic heterocycles. The van der Waals surface area contributed by atoms with Crippen LogP contribution in [0.2, 0.25) is 0 Å².